The molecule has 1 N–H and O–H groups in total. The van der Waals surface area contributed by atoms with E-state index in [1.54, 1.807) is 29.6 Å². The lowest BCUT2D eigenvalue weighted by Crippen LogP contribution is -2.15. The van der Waals surface area contributed by atoms with E-state index in [9.17, 15) is 13.6 Å². The lowest BCUT2D eigenvalue weighted by Gasteiger charge is -2.04. The molecule has 1 amide bonds. The second-order valence-electron chi connectivity index (χ2n) is 4.86. The van der Waals surface area contributed by atoms with E-state index in [2.05, 4.69) is 10.3 Å². The van der Waals surface area contributed by atoms with E-state index in [-0.39, 0.29) is 23.8 Å². The molecule has 0 saturated heterocycles. The second kappa shape index (κ2) is 6.66. The average molecular weight is 330 g/mol. The Morgan fingerprint density at radius 1 is 1.13 bits per heavy atom. The monoisotopic (exact) mass is 330 g/mol. The summed E-state index contributed by atoms with van der Waals surface area (Å²) in [6, 6.07) is 12.1. The standard InChI is InChI=1S/C17H12F2N2OS/c18-12-5-3-4-11(8-12)17-20-13(10-23-17)9-16(22)21-15-7-2-1-6-14(15)19/h1-8,10H,9H2,(H,21,22). The summed E-state index contributed by atoms with van der Waals surface area (Å²) in [4.78, 5) is 16.3. The minimum atomic E-state index is -0.487. The van der Waals surface area contributed by atoms with E-state index in [4.69, 9.17) is 0 Å². The molecule has 1 heterocycles. The number of anilines is 1. The van der Waals surface area contributed by atoms with Crippen LogP contribution in [0.15, 0.2) is 53.9 Å². The first-order valence-corrected chi connectivity index (χ1v) is 7.74. The van der Waals surface area contributed by atoms with Gasteiger partial charge in [0.15, 0.2) is 0 Å². The fourth-order valence-electron chi connectivity index (χ4n) is 2.06. The van der Waals surface area contributed by atoms with E-state index in [0.717, 1.165) is 0 Å². The predicted molar refractivity (Wildman–Crippen MR) is 86.2 cm³/mol. The molecule has 116 valence electrons. The molecule has 0 aliphatic heterocycles. The van der Waals surface area contributed by atoms with Crippen LogP contribution in [0, 0.1) is 11.6 Å². The fraction of sp³-hybridized carbons (Fsp3) is 0.0588. The number of carbonyl (C=O) groups is 1. The quantitative estimate of drug-likeness (QED) is 0.776. The van der Waals surface area contributed by atoms with Gasteiger partial charge < -0.3 is 5.32 Å². The summed E-state index contributed by atoms with van der Waals surface area (Å²) in [5, 5.41) is 4.88. The van der Waals surface area contributed by atoms with Crippen molar-refractivity contribution in [2.75, 3.05) is 5.32 Å². The molecule has 3 aromatic rings. The fourth-order valence-corrected chi connectivity index (χ4v) is 2.88. The number of thiazole rings is 1. The van der Waals surface area contributed by atoms with Crippen LogP contribution in [-0.2, 0) is 11.2 Å². The van der Waals surface area contributed by atoms with Crippen LogP contribution in [0.5, 0.6) is 0 Å². The number of halogens is 2. The highest BCUT2D eigenvalue weighted by atomic mass is 32.1. The Balaban J connectivity index is 1.69. The smallest absolute Gasteiger partial charge is 0.230 e. The van der Waals surface area contributed by atoms with E-state index < -0.39 is 5.82 Å². The van der Waals surface area contributed by atoms with Gasteiger partial charge in [0.25, 0.3) is 0 Å². The molecule has 0 fully saturated rings. The second-order valence-corrected chi connectivity index (χ2v) is 5.72. The van der Waals surface area contributed by atoms with Gasteiger partial charge in [-0.2, -0.15) is 0 Å². The van der Waals surface area contributed by atoms with Gasteiger partial charge in [0.1, 0.15) is 16.6 Å². The predicted octanol–water partition coefficient (Wildman–Crippen LogP) is 4.27. The zero-order chi connectivity index (χ0) is 16.2. The maximum Gasteiger partial charge on any atom is 0.230 e. The Morgan fingerprint density at radius 2 is 1.96 bits per heavy atom. The number of carbonyl (C=O) groups excluding carboxylic acids is 1. The maximum absolute atomic E-state index is 13.5. The van der Waals surface area contributed by atoms with Crippen LogP contribution in [0.3, 0.4) is 0 Å². The number of aromatic nitrogens is 1. The molecule has 6 heteroatoms. The van der Waals surface area contributed by atoms with Crippen LogP contribution < -0.4 is 5.32 Å². The molecular weight excluding hydrogens is 318 g/mol. The van der Waals surface area contributed by atoms with E-state index >= 15 is 0 Å². The molecule has 0 aliphatic rings. The summed E-state index contributed by atoms with van der Waals surface area (Å²) in [6.07, 6.45) is 0.0279. The topological polar surface area (TPSA) is 42.0 Å². The molecule has 2 aromatic carbocycles. The zero-order valence-corrected chi connectivity index (χ0v) is 12.7. The molecule has 0 spiro atoms. The highest BCUT2D eigenvalue weighted by Gasteiger charge is 2.11. The Kier molecular flexibility index (Phi) is 4.43. The van der Waals surface area contributed by atoms with E-state index in [0.29, 0.717) is 16.3 Å². The summed E-state index contributed by atoms with van der Waals surface area (Å²) in [5.74, 6) is -1.18. The van der Waals surface area contributed by atoms with Crippen molar-refractivity contribution in [3.63, 3.8) is 0 Å². The Labute approximate surface area is 135 Å². The van der Waals surface area contributed by atoms with Gasteiger partial charge in [-0.15, -0.1) is 11.3 Å². The third-order valence-corrected chi connectivity index (χ3v) is 4.05. The number of hydrogen-bond acceptors (Lipinski definition) is 3. The molecule has 3 rings (SSSR count). The van der Waals surface area contributed by atoms with E-state index in [1.807, 2.05) is 0 Å². The third-order valence-electron chi connectivity index (χ3n) is 3.11. The Hall–Kier alpha value is -2.60. The molecule has 0 radical (unpaired) electrons. The van der Waals surface area contributed by atoms with Gasteiger partial charge in [0.05, 0.1) is 17.8 Å². The highest BCUT2D eigenvalue weighted by Crippen LogP contribution is 2.24. The minimum Gasteiger partial charge on any atom is -0.323 e. The van der Waals surface area contributed by atoms with Gasteiger partial charge in [-0.25, -0.2) is 13.8 Å². The van der Waals surface area contributed by atoms with Crippen molar-refractivity contribution in [3.05, 3.63) is 71.2 Å². The van der Waals surface area contributed by atoms with Gasteiger partial charge in [-0.3, -0.25) is 4.79 Å². The molecule has 0 unspecified atom stereocenters. The van der Waals surface area contributed by atoms with Crippen LogP contribution in [-0.4, -0.2) is 10.9 Å². The summed E-state index contributed by atoms with van der Waals surface area (Å²) in [6.45, 7) is 0. The van der Waals surface area contributed by atoms with Crippen molar-refractivity contribution < 1.29 is 13.6 Å². The summed E-state index contributed by atoms with van der Waals surface area (Å²) in [5.41, 5.74) is 1.36. The van der Waals surface area contributed by atoms with Gasteiger partial charge >= 0.3 is 0 Å². The SMILES string of the molecule is O=C(Cc1csc(-c2cccc(F)c2)n1)Nc1ccccc1F. The Bertz CT molecular complexity index is 848. The molecule has 0 atom stereocenters. The van der Waals surface area contributed by atoms with Gasteiger partial charge in [0, 0.05) is 10.9 Å². The normalized spacial score (nSPS) is 10.5. The largest absolute Gasteiger partial charge is 0.323 e. The van der Waals surface area contributed by atoms with Crippen LogP contribution >= 0.6 is 11.3 Å². The van der Waals surface area contributed by atoms with Crippen molar-refractivity contribution in [2.45, 2.75) is 6.42 Å². The number of rotatable bonds is 4. The lowest BCUT2D eigenvalue weighted by molar-refractivity contribution is -0.115. The summed E-state index contributed by atoms with van der Waals surface area (Å²) in [7, 11) is 0. The number of nitrogens with zero attached hydrogens (tertiary/aromatic N) is 1. The zero-order valence-electron chi connectivity index (χ0n) is 11.9. The van der Waals surface area contributed by atoms with Crippen molar-refractivity contribution in [3.8, 4) is 10.6 Å². The average Bonchev–Trinajstić information content (AvgIpc) is 2.98. The number of hydrogen-bond donors (Lipinski definition) is 1. The van der Waals surface area contributed by atoms with Crippen LogP contribution in [0.1, 0.15) is 5.69 Å². The van der Waals surface area contributed by atoms with E-state index in [1.165, 1.54) is 35.6 Å². The molecule has 23 heavy (non-hydrogen) atoms. The van der Waals surface area contributed by atoms with Crippen molar-refractivity contribution in [1.29, 1.82) is 0 Å². The summed E-state index contributed by atoms with van der Waals surface area (Å²) >= 11 is 1.33. The first-order chi connectivity index (χ1) is 11.1. The van der Waals surface area contributed by atoms with Crippen molar-refractivity contribution in [1.82, 2.24) is 4.98 Å². The molecule has 1 aromatic heterocycles. The molecule has 3 nitrogen and oxygen atoms in total. The Morgan fingerprint density at radius 3 is 2.74 bits per heavy atom. The molecule has 0 saturated carbocycles. The number of benzene rings is 2. The first kappa shape index (κ1) is 15.3. The van der Waals surface area contributed by atoms with Crippen molar-refractivity contribution in [2.24, 2.45) is 0 Å². The molecule has 0 aliphatic carbocycles. The van der Waals surface area contributed by atoms with Gasteiger partial charge in [0.2, 0.25) is 5.91 Å². The van der Waals surface area contributed by atoms with Crippen LogP contribution in [0.2, 0.25) is 0 Å². The highest BCUT2D eigenvalue weighted by molar-refractivity contribution is 7.13. The van der Waals surface area contributed by atoms with Crippen LogP contribution in [0.25, 0.3) is 10.6 Å². The first-order valence-electron chi connectivity index (χ1n) is 6.86. The number of amides is 1. The molecule has 0 bridgehead atoms. The lowest BCUT2D eigenvalue weighted by atomic mass is 10.2. The minimum absolute atomic E-state index is 0.0279. The molecular formula is C17H12F2N2OS. The number of para-hydroxylation sites is 1. The van der Waals surface area contributed by atoms with Crippen LogP contribution in [0.4, 0.5) is 14.5 Å². The maximum atomic E-state index is 13.5. The van der Waals surface area contributed by atoms with Crippen molar-refractivity contribution >= 4 is 22.9 Å². The van der Waals surface area contributed by atoms with Gasteiger partial charge in [-0.05, 0) is 24.3 Å². The number of nitrogens with one attached hydrogen (secondary N) is 1. The third kappa shape index (κ3) is 3.78. The summed E-state index contributed by atoms with van der Waals surface area (Å²) < 4.78 is 26.7. The van der Waals surface area contributed by atoms with Gasteiger partial charge in [-0.1, -0.05) is 24.3 Å².